The van der Waals surface area contributed by atoms with Crippen LogP contribution in [0.1, 0.15) is 26.2 Å². The summed E-state index contributed by atoms with van der Waals surface area (Å²) in [6, 6.07) is 2.56. The van der Waals surface area contributed by atoms with Crippen molar-refractivity contribution in [1.82, 2.24) is 19.4 Å². The van der Waals surface area contributed by atoms with Crippen LogP contribution < -0.4 is 0 Å². The monoisotopic (exact) mass is 275 g/mol. The Labute approximate surface area is 121 Å². The summed E-state index contributed by atoms with van der Waals surface area (Å²) >= 11 is 0. The molecule has 0 amide bonds. The van der Waals surface area contributed by atoms with E-state index in [1.54, 1.807) is 0 Å². The van der Waals surface area contributed by atoms with E-state index in [0.717, 1.165) is 58.5 Å². The number of hydrogen-bond acceptors (Lipinski definition) is 4. The van der Waals surface area contributed by atoms with Crippen molar-refractivity contribution in [3.63, 3.8) is 0 Å². The number of aryl methyl sites for hydroxylation is 1. The SMILES string of the molecule is CCCC(C#N)N1CCN(CCCn2ccnc2)CC1. The maximum Gasteiger partial charge on any atom is 0.0978 e. The van der Waals surface area contributed by atoms with Gasteiger partial charge in [-0.1, -0.05) is 13.3 Å². The molecule has 1 aliphatic heterocycles. The fourth-order valence-electron chi connectivity index (χ4n) is 2.80. The molecular weight excluding hydrogens is 250 g/mol. The summed E-state index contributed by atoms with van der Waals surface area (Å²) in [5.74, 6) is 0. The highest BCUT2D eigenvalue weighted by molar-refractivity contribution is 4.93. The molecule has 1 aliphatic rings. The zero-order valence-corrected chi connectivity index (χ0v) is 12.4. The van der Waals surface area contributed by atoms with Crippen molar-refractivity contribution in [2.24, 2.45) is 0 Å². The first-order valence-electron chi connectivity index (χ1n) is 7.65. The lowest BCUT2D eigenvalue weighted by Crippen LogP contribution is -2.50. The molecule has 5 heteroatoms. The van der Waals surface area contributed by atoms with E-state index in [1.807, 2.05) is 18.7 Å². The lowest BCUT2D eigenvalue weighted by atomic mass is 10.1. The Morgan fingerprint density at radius 1 is 1.25 bits per heavy atom. The average molecular weight is 275 g/mol. The van der Waals surface area contributed by atoms with Crippen LogP contribution in [-0.2, 0) is 6.54 Å². The van der Waals surface area contributed by atoms with Crippen molar-refractivity contribution in [2.45, 2.75) is 38.8 Å². The van der Waals surface area contributed by atoms with Crippen molar-refractivity contribution >= 4 is 0 Å². The smallest absolute Gasteiger partial charge is 0.0978 e. The van der Waals surface area contributed by atoms with Gasteiger partial charge >= 0.3 is 0 Å². The van der Waals surface area contributed by atoms with Crippen LogP contribution in [0.5, 0.6) is 0 Å². The van der Waals surface area contributed by atoms with Crippen LogP contribution in [0.3, 0.4) is 0 Å². The maximum atomic E-state index is 9.21. The summed E-state index contributed by atoms with van der Waals surface area (Å²) in [6.07, 6.45) is 8.96. The molecule has 2 rings (SSSR count). The van der Waals surface area contributed by atoms with Gasteiger partial charge in [0.1, 0.15) is 0 Å². The predicted molar refractivity (Wildman–Crippen MR) is 79.2 cm³/mol. The second kappa shape index (κ2) is 8.03. The van der Waals surface area contributed by atoms with Gasteiger partial charge in [0.25, 0.3) is 0 Å². The van der Waals surface area contributed by atoms with E-state index < -0.39 is 0 Å². The Kier molecular flexibility index (Phi) is 6.03. The zero-order valence-electron chi connectivity index (χ0n) is 12.4. The van der Waals surface area contributed by atoms with Crippen molar-refractivity contribution in [3.05, 3.63) is 18.7 Å². The molecule has 0 N–H and O–H groups in total. The van der Waals surface area contributed by atoms with Gasteiger partial charge in [0.15, 0.2) is 0 Å². The third-order valence-corrected chi connectivity index (χ3v) is 4.01. The molecule has 2 heterocycles. The third-order valence-electron chi connectivity index (χ3n) is 4.01. The fraction of sp³-hybridized carbons (Fsp3) is 0.733. The zero-order chi connectivity index (χ0) is 14.2. The molecule has 0 spiro atoms. The largest absolute Gasteiger partial charge is 0.337 e. The van der Waals surface area contributed by atoms with E-state index in [2.05, 4.69) is 32.3 Å². The van der Waals surface area contributed by atoms with Gasteiger partial charge in [0.05, 0.1) is 18.4 Å². The minimum absolute atomic E-state index is 0.119. The molecule has 0 saturated carbocycles. The van der Waals surface area contributed by atoms with Crippen LogP contribution in [0.4, 0.5) is 0 Å². The van der Waals surface area contributed by atoms with Crippen LogP contribution in [0, 0.1) is 11.3 Å². The van der Waals surface area contributed by atoms with E-state index in [1.165, 1.54) is 0 Å². The highest BCUT2D eigenvalue weighted by atomic mass is 15.3. The highest BCUT2D eigenvalue weighted by Crippen LogP contribution is 2.11. The maximum absolute atomic E-state index is 9.21. The standard InChI is InChI=1S/C15H25N5/c1-2-4-15(13-16)20-11-9-18(10-12-20)6-3-7-19-8-5-17-14-19/h5,8,14-15H,2-4,6-7,9-12H2,1H3. The number of rotatable bonds is 7. The highest BCUT2D eigenvalue weighted by Gasteiger charge is 2.22. The summed E-state index contributed by atoms with van der Waals surface area (Å²) in [6.45, 7) is 8.56. The summed E-state index contributed by atoms with van der Waals surface area (Å²) in [5.41, 5.74) is 0. The predicted octanol–water partition coefficient (Wildman–Crippen LogP) is 1.58. The number of nitriles is 1. The Bertz CT molecular complexity index is 400. The van der Waals surface area contributed by atoms with Crippen molar-refractivity contribution in [1.29, 1.82) is 5.26 Å². The molecule has 1 unspecified atom stereocenters. The fourth-order valence-corrected chi connectivity index (χ4v) is 2.80. The van der Waals surface area contributed by atoms with Crippen LogP contribution in [0.2, 0.25) is 0 Å². The Morgan fingerprint density at radius 3 is 2.65 bits per heavy atom. The summed E-state index contributed by atoms with van der Waals surface area (Å²) in [7, 11) is 0. The molecule has 0 aromatic carbocycles. The second-order valence-electron chi connectivity index (χ2n) is 5.47. The van der Waals surface area contributed by atoms with Crippen LogP contribution in [0.15, 0.2) is 18.7 Å². The molecule has 5 nitrogen and oxygen atoms in total. The number of aromatic nitrogens is 2. The van der Waals surface area contributed by atoms with E-state index >= 15 is 0 Å². The minimum Gasteiger partial charge on any atom is -0.337 e. The van der Waals surface area contributed by atoms with Crippen LogP contribution >= 0.6 is 0 Å². The average Bonchev–Trinajstić information content (AvgIpc) is 2.99. The first-order chi connectivity index (χ1) is 9.83. The molecule has 1 saturated heterocycles. The van der Waals surface area contributed by atoms with Crippen molar-refractivity contribution in [3.8, 4) is 6.07 Å². The Morgan fingerprint density at radius 2 is 2.05 bits per heavy atom. The number of nitrogens with zero attached hydrogens (tertiary/aromatic N) is 5. The van der Waals surface area contributed by atoms with Gasteiger partial charge in [0.2, 0.25) is 0 Å². The number of piperazine rings is 1. The Balaban J connectivity index is 1.65. The Hall–Kier alpha value is -1.38. The molecule has 1 fully saturated rings. The van der Waals surface area contributed by atoms with Gasteiger partial charge in [-0.3, -0.25) is 4.90 Å². The first-order valence-corrected chi connectivity index (χ1v) is 7.65. The topological polar surface area (TPSA) is 48.1 Å². The molecule has 1 aromatic heterocycles. The van der Waals surface area contributed by atoms with Gasteiger partial charge in [0, 0.05) is 45.1 Å². The lowest BCUT2D eigenvalue weighted by Gasteiger charge is -2.36. The molecule has 1 aromatic rings. The third kappa shape index (κ3) is 4.32. The lowest BCUT2D eigenvalue weighted by molar-refractivity contribution is 0.109. The molecule has 0 bridgehead atoms. The van der Waals surface area contributed by atoms with Gasteiger partial charge in [-0.2, -0.15) is 5.26 Å². The molecule has 0 radical (unpaired) electrons. The quantitative estimate of drug-likeness (QED) is 0.758. The van der Waals surface area contributed by atoms with E-state index in [0.29, 0.717) is 0 Å². The van der Waals surface area contributed by atoms with Crippen molar-refractivity contribution in [2.75, 3.05) is 32.7 Å². The summed E-state index contributed by atoms with van der Waals surface area (Å²) in [5, 5.41) is 9.21. The van der Waals surface area contributed by atoms with E-state index in [-0.39, 0.29) is 6.04 Å². The van der Waals surface area contributed by atoms with Crippen LogP contribution in [-0.4, -0.2) is 58.1 Å². The summed E-state index contributed by atoms with van der Waals surface area (Å²) in [4.78, 5) is 8.91. The van der Waals surface area contributed by atoms with E-state index in [9.17, 15) is 5.26 Å². The summed E-state index contributed by atoms with van der Waals surface area (Å²) < 4.78 is 2.13. The first kappa shape index (κ1) is 15.0. The van der Waals surface area contributed by atoms with Crippen molar-refractivity contribution < 1.29 is 0 Å². The van der Waals surface area contributed by atoms with Gasteiger partial charge in [-0.15, -0.1) is 0 Å². The van der Waals surface area contributed by atoms with Crippen LogP contribution in [0.25, 0.3) is 0 Å². The molecule has 0 aliphatic carbocycles. The molecule has 20 heavy (non-hydrogen) atoms. The molecule has 1 atom stereocenters. The van der Waals surface area contributed by atoms with Gasteiger partial charge in [-0.25, -0.2) is 4.98 Å². The molecule has 110 valence electrons. The van der Waals surface area contributed by atoms with E-state index in [4.69, 9.17) is 0 Å². The second-order valence-corrected chi connectivity index (χ2v) is 5.47. The van der Waals surface area contributed by atoms with Gasteiger partial charge in [-0.05, 0) is 19.4 Å². The normalized spacial score (nSPS) is 18.8. The number of hydrogen-bond donors (Lipinski definition) is 0. The van der Waals surface area contributed by atoms with Gasteiger partial charge < -0.3 is 9.47 Å². The minimum atomic E-state index is 0.119. The number of imidazole rings is 1. The molecular formula is C15H25N5.